The average molecular weight is 271 g/mol. The van der Waals surface area contributed by atoms with Gasteiger partial charge in [0, 0.05) is 39.3 Å². The first-order valence-electron chi connectivity index (χ1n) is 7.62. The van der Waals surface area contributed by atoms with Gasteiger partial charge in [-0.1, -0.05) is 0 Å². The highest BCUT2D eigenvalue weighted by molar-refractivity contribution is 4.77. The predicted octanol–water partition coefficient (Wildman–Crippen LogP) is -0.248. The van der Waals surface area contributed by atoms with E-state index < -0.39 is 0 Å². The van der Waals surface area contributed by atoms with Crippen LogP contribution in [0.25, 0.3) is 0 Å². The Hall–Kier alpha value is -0.200. The molecule has 3 atom stereocenters. The van der Waals surface area contributed by atoms with Crippen LogP contribution in [0.4, 0.5) is 0 Å². The number of nitrogens with zero attached hydrogens (tertiary/aromatic N) is 2. The number of rotatable bonds is 4. The molecule has 0 amide bonds. The average Bonchev–Trinajstić information content (AvgIpc) is 2.55. The summed E-state index contributed by atoms with van der Waals surface area (Å²) in [7, 11) is 0. The summed E-state index contributed by atoms with van der Waals surface area (Å²) in [5.41, 5.74) is 0. The van der Waals surface area contributed by atoms with Gasteiger partial charge >= 0.3 is 0 Å². The smallest absolute Gasteiger partial charge is 0.0793 e. The number of β-amino-alcohol motifs (C(OH)–C–C–N with tert-alkyl or cyclic N) is 1. The van der Waals surface area contributed by atoms with Crippen LogP contribution in [0.1, 0.15) is 20.3 Å². The lowest BCUT2D eigenvalue weighted by atomic mass is 10.2. The summed E-state index contributed by atoms with van der Waals surface area (Å²) in [6, 6.07) is 0. The van der Waals surface area contributed by atoms with E-state index in [2.05, 4.69) is 29.0 Å². The number of ether oxygens (including phenoxy) is 1. The van der Waals surface area contributed by atoms with Gasteiger partial charge in [0.2, 0.25) is 0 Å². The van der Waals surface area contributed by atoms with Crippen molar-refractivity contribution in [3.8, 4) is 0 Å². The van der Waals surface area contributed by atoms with E-state index in [0.29, 0.717) is 0 Å². The van der Waals surface area contributed by atoms with Gasteiger partial charge in [-0.05, 0) is 33.4 Å². The van der Waals surface area contributed by atoms with Crippen molar-refractivity contribution in [3.05, 3.63) is 0 Å². The van der Waals surface area contributed by atoms with Crippen LogP contribution in [-0.4, -0.2) is 85.6 Å². The lowest BCUT2D eigenvalue weighted by molar-refractivity contribution is -0.0779. The van der Waals surface area contributed by atoms with Crippen LogP contribution in [0.5, 0.6) is 0 Å². The maximum absolute atomic E-state index is 10.3. The molecule has 2 heterocycles. The molecule has 0 bridgehead atoms. The van der Waals surface area contributed by atoms with Gasteiger partial charge in [-0.25, -0.2) is 0 Å². The van der Waals surface area contributed by atoms with Crippen LogP contribution in [0, 0.1) is 0 Å². The van der Waals surface area contributed by atoms with Crippen molar-refractivity contribution < 1.29 is 9.84 Å². The van der Waals surface area contributed by atoms with E-state index in [1.165, 1.54) is 6.42 Å². The zero-order valence-corrected chi connectivity index (χ0v) is 12.3. The molecule has 0 aromatic heterocycles. The molecule has 2 aliphatic rings. The lowest BCUT2D eigenvalue weighted by Crippen LogP contribution is -2.49. The van der Waals surface area contributed by atoms with Crippen LogP contribution in [0.3, 0.4) is 0 Å². The Labute approximate surface area is 116 Å². The van der Waals surface area contributed by atoms with Gasteiger partial charge in [0.05, 0.1) is 18.3 Å². The van der Waals surface area contributed by atoms with Crippen LogP contribution in [0.2, 0.25) is 0 Å². The molecule has 2 rings (SSSR count). The van der Waals surface area contributed by atoms with E-state index in [1.54, 1.807) is 0 Å². The standard InChI is InChI=1S/C14H29N3O2/c1-12-8-17(9-13(2)19-12)11-14(18)10-16-6-3-4-15-5-7-16/h12-15,18H,3-11H2,1-2H3/t12-,13-,14+/m1/s1. The third-order valence-electron chi connectivity index (χ3n) is 3.87. The molecule has 0 unspecified atom stereocenters. The Morgan fingerprint density at radius 2 is 1.79 bits per heavy atom. The Morgan fingerprint density at radius 1 is 1.11 bits per heavy atom. The second-order valence-electron chi connectivity index (χ2n) is 6.03. The van der Waals surface area contributed by atoms with Crippen molar-refractivity contribution in [1.29, 1.82) is 0 Å². The van der Waals surface area contributed by atoms with Crippen LogP contribution in [0.15, 0.2) is 0 Å². The van der Waals surface area contributed by atoms with E-state index in [9.17, 15) is 5.11 Å². The maximum Gasteiger partial charge on any atom is 0.0793 e. The van der Waals surface area contributed by atoms with E-state index in [0.717, 1.165) is 52.4 Å². The third-order valence-corrected chi connectivity index (χ3v) is 3.87. The summed E-state index contributed by atoms with van der Waals surface area (Å²) < 4.78 is 5.72. The molecular formula is C14H29N3O2. The number of aliphatic hydroxyl groups is 1. The normalized spacial score (nSPS) is 33.0. The summed E-state index contributed by atoms with van der Waals surface area (Å²) in [5.74, 6) is 0. The molecule has 0 aliphatic carbocycles. The van der Waals surface area contributed by atoms with E-state index in [1.807, 2.05) is 0 Å². The maximum atomic E-state index is 10.3. The van der Waals surface area contributed by atoms with Crippen LogP contribution >= 0.6 is 0 Å². The number of hydrogen-bond acceptors (Lipinski definition) is 5. The summed E-state index contributed by atoms with van der Waals surface area (Å²) in [4.78, 5) is 4.71. The minimum absolute atomic E-state index is 0.254. The molecule has 2 aliphatic heterocycles. The number of morpholine rings is 1. The molecule has 112 valence electrons. The summed E-state index contributed by atoms with van der Waals surface area (Å²) in [6.07, 6.45) is 1.48. The van der Waals surface area contributed by atoms with E-state index in [4.69, 9.17) is 4.74 Å². The molecule has 2 fully saturated rings. The van der Waals surface area contributed by atoms with Crippen molar-refractivity contribution in [1.82, 2.24) is 15.1 Å². The minimum Gasteiger partial charge on any atom is -0.390 e. The molecular weight excluding hydrogens is 242 g/mol. The fraction of sp³-hybridized carbons (Fsp3) is 1.00. The minimum atomic E-state index is -0.254. The zero-order chi connectivity index (χ0) is 13.7. The largest absolute Gasteiger partial charge is 0.390 e. The van der Waals surface area contributed by atoms with E-state index in [-0.39, 0.29) is 18.3 Å². The van der Waals surface area contributed by atoms with Gasteiger partial charge < -0.3 is 15.2 Å². The van der Waals surface area contributed by atoms with Crippen LogP contribution < -0.4 is 5.32 Å². The van der Waals surface area contributed by atoms with Crippen LogP contribution in [-0.2, 0) is 4.74 Å². The molecule has 19 heavy (non-hydrogen) atoms. The molecule has 2 N–H and O–H groups in total. The van der Waals surface area contributed by atoms with Crippen molar-refractivity contribution in [2.75, 3.05) is 52.4 Å². The molecule has 0 spiro atoms. The number of nitrogens with one attached hydrogen (secondary N) is 1. The predicted molar refractivity (Wildman–Crippen MR) is 76.4 cm³/mol. The highest BCUT2D eigenvalue weighted by Gasteiger charge is 2.24. The monoisotopic (exact) mass is 271 g/mol. The van der Waals surface area contributed by atoms with Gasteiger partial charge in [-0.2, -0.15) is 0 Å². The number of aliphatic hydroxyl groups excluding tert-OH is 1. The summed E-state index contributed by atoms with van der Waals surface area (Å²) in [5, 5.41) is 13.7. The fourth-order valence-corrected chi connectivity index (χ4v) is 3.17. The number of hydrogen-bond donors (Lipinski definition) is 2. The lowest BCUT2D eigenvalue weighted by Gasteiger charge is -2.37. The highest BCUT2D eigenvalue weighted by Crippen LogP contribution is 2.11. The molecule has 5 heteroatoms. The fourth-order valence-electron chi connectivity index (χ4n) is 3.17. The second kappa shape index (κ2) is 7.55. The van der Waals surface area contributed by atoms with Gasteiger partial charge in [-0.15, -0.1) is 0 Å². The SMILES string of the molecule is C[C@@H]1CN(C[C@@H](O)CN2CCCNCC2)C[C@@H](C)O1. The molecule has 5 nitrogen and oxygen atoms in total. The van der Waals surface area contributed by atoms with Crippen molar-refractivity contribution in [3.63, 3.8) is 0 Å². The Bertz CT molecular complexity index is 247. The second-order valence-corrected chi connectivity index (χ2v) is 6.03. The highest BCUT2D eigenvalue weighted by atomic mass is 16.5. The van der Waals surface area contributed by atoms with Gasteiger partial charge in [0.1, 0.15) is 0 Å². The Kier molecular flexibility index (Phi) is 6.04. The summed E-state index contributed by atoms with van der Waals surface area (Å²) >= 11 is 0. The molecule has 0 aromatic rings. The molecule has 0 aromatic carbocycles. The quantitative estimate of drug-likeness (QED) is 0.738. The molecule has 0 saturated carbocycles. The first-order chi connectivity index (χ1) is 9.13. The molecule has 2 saturated heterocycles. The van der Waals surface area contributed by atoms with Gasteiger partial charge in [-0.3, -0.25) is 9.80 Å². The van der Waals surface area contributed by atoms with Crippen molar-refractivity contribution in [2.45, 2.75) is 38.6 Å². The molecule has 0 radical (unpaired) electrons. The Balaban J connectivity index is 1.72. The first-order valence-corrected chi connectivity index (χ1v) is 7.62. The zero-order valence-electron chi connectivity index (χ0n) is 12.3. The van der Waals surface area contributed by atoms with Crippen molar-refractivity contribution >= 4 is 0 Å². The topological polar surface area (TPSA) is 48.0 Å². The van der Waals surface area contributed by atoms with Gasteiger partial charge in [0.25, 0.3) is 0 Å². The first kappa shape index (κ1) is 15.2. The third kappa shape index (κ3) is 5.36. The van der Waals surface area contributed by atoms with E-state index >= 15 is 0 Å². The Morgan fingerprint density at radius 3 is 2.53 bits per heavy atom. The summed E-state index contributed by atoms with van der Waals surface area (Å²) in [6.45, 7) is 11.9. The van der Waals surface area contributed by atoms with Gasteiger partial charge in [0.15, 0.2) is 0 Å². The van der Waals surface area contributed by atoms with Crippen molar-refractivity contribution in [2.24, 2.45) is 0 Å².